The summed E-state index contributed by atoms with van der Waals surface area (Å²) >= 11 is 1.63. The zero-order chi connectivity index (χ0) is 19.3. The highest BCUT2D eigenvalue weighted by atomic mass is 32.1. The van der Waals surface area contributed by atoms with Crippen molar-refractivity contribution in [2.75, 3.05) is 26.7 Å². The van der Waals surface area contributed by atoms with Crippen LogP contribution in [0.15, 0.2) is 54.0 Å². The fraction of sp³-hybridized carbons (Fsp3) is 0.318. The third kappa shape index (κ3) is 4.42. The Labute approximate surface area is 169 Å². The van der Waals surface area contributed by atoms with Crippen LogP contribution in [0.1, 0.15) is 11.1 Å². The maximum atomic E-state index is 10.1. The van der Waals surface area contributed by atoms with Gasteiger partial charge >= 0.3 is 0 Å². The number of benzene rings is 2. The molecule has 0 saturated carbocycles. The molecule has 1 aliphatic rings. The quantitative estimate of drug-likeness (QED) is 0.641. The van der Waals surface area contributed by atoms with Crippen LogP contribution in [0.5, 0.6) is 11.5 Å². The molecule has 0 amide bonds. The summed E-state index contributed by atoms with van der Waals surface area (Å²) in [5, 5.41) is 16.1. The highest BCUT2D eigenvalue weighted by Crippen LogP contribution is 2.33. The van der Waals surface area contributed by atoms with Crippen molar-refractivity contribution in [3.8, 4) is 22.1 Å². The number of hydrogen-bond donors (Lipinski definition) is 2. The van der Waals surface area contributed by atoms with Gasteiger partial charge in [0.2, 0.25) is 0 Å². The first kappa shape index (κ1) is 19.1. The van der Waals surface area contributed by atoms with Gasteiger partial charge in [-0.1, -0.05) is 24.3 Å². The number of β-amino-alcohol motifs (C(OH)–C–C–N with tert-alkyl or cyclic N) is 1. The van der Waals surface area contributed by atoms with Crippen molar-refractivity contribution in [2.45, 2.75) is 19.1 Å². The predicted molar refractivity (Wildman–Crippen MR) is 113 cm³/mol. The number of nitrogens with one attached hydrogen (secondary N) is 1. The van der Waals surface area contributed by atoms with Gasteiger partial charge in [-0.2, -0.15) is 0 Å². The van der Waals surface area contributed by atoms with Crippen molar-refractivity contribution in [3.63, 3.8) is 0 Å². The molecule has 0 saturated heterocycles. The third-order valence-corrected chi connectivity index (χ3v) is 5.77. The normalized spacial score (nSPS) is 15.2. The van der Waals surface area contributed by atoms with E-state index in [9.17, 15) is 5.11 Å². The molecule has 1 atom stereocenters. The van der Waals surface area contributed by atoms with Gasteiger partial charge in [0.1, 0.15) is 16.5 Å². The molecule has 1 aromatic heterocycles. The second-order valence-corrected chi connectivity index (χ2v) is 7.95. The van der Waals surface area contributed by atoms with Crippen molar-refractivity contribution in [2.24, 2.45) is 0 Å². The highest BCUT2D eigenvalue weighted by Gasteiger charge is 2.21. The Bertz CT molecular complexity index is 914. The standard InChI is InChI=1S/C22H25N3O2S/c1-23-13-18(26)15-25-10-8-20-17(14-25)5-3-7-21(20)27-19-6-2-4-16(12-19)22-24-9-11-28-22/h2-7,9,11-12,18,23,26H,8,10,13-15H2,1H3. The van der Waals surface area contributed by atoms with E-state index in [1.54, 1.807) is 11.3 Å². The van der Waals surface area contributed by atoms with E-state index >= 15 is 0 Å². The second-order valence-electron chi connectivity index (χ2n) is 7.06. The van der Waals surface area contributed by atoms with Crippen LogP contribution < -0.4 is 10.1 Å². The van der Waals surface area contributed by atoms with Gasteiger partial charge in [0.15, 0.2) is 0 Å². The number of ether oxygens (including phenoxy) is 1. The summed E-state index contributed by atoms with van der Waals surface area (Å²) in [7, 11) is 1.86. The number of likely N-dealkylation sites (N-methyl/N-ethyl adjacent to an activating group) is 1. The summed E-state index contributed by atoms with van der Waals surface area (Å²) in [4.78, 5) is 6.69. The fourth-order valence-corrected chi connectivity index (χ4v) is 4.30. The molecule has 3 aromatic rings. The number of rotatable bonds is 7. The number of thiazole rings is 1. The maximum Gasteiger partial charge on any atom is 0.130 e. The molecular weight excluding hydrogens is 370 g/mol. The zero-order valence-electron chi connectivity index (χ0n) is 16.0. The van der Waals surface area contributed by atoms with Crippen LogP contribution in [0, 0.1) is 0 Å². The zero-order valence-corrected chi connectivity index (χ0v) is 16.8. The molecule has 1 aliphatic heterocycles. The average molecular weight is 396 g/mol. The van der Waals surface area contributed by atoms with Crippen LogP contribution in [0.2, 0.25) is 0 Å². The summed E-state index contributed by atoms with van der Waals surface area (Å²) < 4.78 is 6.27. The van der Waals surface area contributed by atoms with Gasteiger partial charge < -0.3 is 15.2 Å². The predicted octanol–water partition coefficient (Wildman–Crippen LogP) is 3.54. The molecule has 6 heteroatoms. The lowest BCUT2D eigenvalue weighted by Crippen LogP contribution is -2.40. The minimum absolute atomic E-state index is 0.348. The van der Waals surface area contributed by atoms with E-state index in [4.69, 9.17) is 4.74 Å². The molecule has 5 nitrogen and oxygen atoms in total. The van der Waals surface area contributed by atoms with Crippen LogP contribution in [0.4, 0.5) is 0 Å². The van der Waals surface area contributed by atoms with Crippen LogP contribution in [-0.4, -0.2) is 47.8 Å². The molecule has 0 aliphatic carbocycles. The van der Waals surface area contributed by atoms with Gasteiger partial charge in [-0.15, -0.1) is 11.3 Å². The Hall–Kier alpha value is -2.25. The molecule has 28 heavy (non-hydrogen) atoms. The number of fused-ring (bicyclic) bond motifs is 1. The summed E-state index contributed by atoms with van der Waals surface area (Å²) in [6, 6.07) is 14.3. The summed E-state index contributed by atoms with van der Waals surface area (Å²) in [5.41, 5.74) is 3.61. The van der Waals surface area contributed by atoms with Crippen LogP contribution in [-0.2, 0) is 13.0 Å². The van der Waals surface area contributed by atoms with Crippen molar-refractivity contribution in [1.29, 1.82) is 0 Å². The van der Waals surface area contributed by atoms with E-state index in [0.717, 1.165) is 41.6 Å². The number of aliphatic hydroxyl groups is 1. The van der Waals surface area contributed by atoms with E-state index in [2.05, 4.69) is 27.3 Å². The lowest BCUT2D eigenvalue weighted by molar-refractivity contribution is 0.106. The van der Waals surface area contributed by atoms with Gasteiger partial charge in [-0.05, 0) is 37.2 Å². The molecule has 0 spiro atoms. The number of aliphatic hydroxyl groups excluding tert-OH is 1. The average Bonchev–Trinajstić information content (AvgIpc) is 3.23. The van der Waals surface area contributed by atoms with Crippen molar-refractivity contribution in [1.82, 2.24) is 15.2 Å². The first-order chi connectivity index (χ1) is 13.7. The molecule has 2 heterocycles. The molecule has 2 N–H and O–H groups in total. The van der Waals surface area contributed by atoms with Crippen molar-refractivity contribution >= 4 is 11.3 Å². The topological polar surface area (TPSA) is 57.6 Å². The lowest BCUT2D eigenvalue weighted by atomic mass is 9.98. The minimum Gasteiger partial charge on any atom is -0.457 e. The van der Waals surface area contributed by atoms with Crippen molar-refractivity contribution in [3.05, 3.63) is 65.2 Å². The largest absolute Gasteiger partial charge is 0.457 e. The summed E-state index contributed by atoms with van der Waals surface area (Å²) in [6.07, 6.45) is 2.39. The van der Waals surface area contributed by atoms with Crippen LogP contribution >= 0.6 is 11.3 Å². The first-order valence-electron chi connectivity index (χ1n) is 9.56. The number of aromatic nitrogens is 1. The van der Waals surface area contributed by atoms with Crippen LogP contribution in [0.3, 0.4) is 0 Å². The maximum absolute atomic E-state index is 10.1. The molecule has 146 valence electrons. The monoisotopic (exact) mass is 395 g/mol. The second kappa shape index (κ2) is 8.84. The third-order valence-electron chi connectivity index (χ3n) is 4.95. The van der Waals surface area contributed by atoms with Crippen molar-refractivity contribution < 1.29 is 9.84 Å². The van der Waals surface area contributed by atoms with E-state index in [1.165, 1.54) is 11.1 Å². The Morgan fingerprint density at radius 1 is 1.29 bits per heavy atom. The van der Waals surface area contributed by atoms with Gasteiger partial charge in [0.05, 0.1) is 6.10 Å². The van der Waals surface area contributed by atoms with E-state index < -0.39 is 0 Å². The molecule has 0 radical (unpaired) electrons. The Balaban J connectivity index is 1.50. The molecule has 2 aromatic carbocycles. The Morgan fingerprint density at radius 2 is 2.18 bits per heavy atom. The Morgan fingerprint density at radius 3 is 3.00 bits per heavy atom. The summed E-state index contributed by atoms with van der Waals surface area (Å²) in [6.45, 7) is 3.06. The highest BCUT2D eigenvalue weighted by molar-refractivity contribution is 7.13. The number of nitrogens with zero attached hydrogens (tertiary/aromatic N) is 2. The van der Waals surface area contributed by atoms with Crippen LogP contribution in [0.25, 0.3) is 10.6 Å². The SMILES string of the molecule is CNCC(O)CN1CCc2c(cccc2Oc2cccc(-c3nccs3)c2)C1. The molecular formula is C22H25N3O2S. The molecule has 0 fully saturated rings. The lowest BCUT2D eigenvalue weighted by Gasteiger charge is -2.31. The molecule has 0 bridgehead atoms. The summed E-state index contributed by atoms with van der Waals surface area (Å²) in [5.74, 6) is 1.75. The first-order valence-corrected chi connectivity index (χ1v) is 10.4. The van der Waals surface area contributed by atoms with Gasteiger partial charge in [0, 0.05) is 48.9 Å². The van der Waals surface area contributed by atoms with Gasteiger partial charge in [-0.25, -0.2) is 4.98 Å². The smallest absolute Gasteiger partial charge is 0.130 e. The molecule has 1 unspecified atom stereocenters. The molecule has 4 rings (SSSR count). The Kier molecular flexibility index (Phi) is 6.02. The van der Waals surface area contributed by atoms with E-state index in [1.807, 2.05) is 49.0 Å². The number of hydrogen-bond acceptors (Lipinski definition) is 6. The fourth-order valence-electron chi connectivity index (χ4n) is 3.67. The van der Waals surface area contributed by atoms with E-state index in [0.29, 0.717) is 13.1 Å². The minimum atomic E-state index is -0.348. The van der Waals surface area contributed by atoms with Gasteiger partial charge in [-0.3, -0.25) is 4.90 Å². The van der Waals surface area contributed by atoms with Gasteiger partial charge in [0.25, 0.3) is 0 Å². The van der Waals surface area contributed by atoms with E-state index in [-0.39, 0.29) is 6.10 Å².